The fraction of sp³-hybridized carbons (Fsp3) is 0.182. The van der Waals surface area contributed by atoms with Gasteiger partial charge in [0.1, 0.15) is 0 Å². The van der Waals surface area contributed by atoms with Crippen LogP contribution in [0.2, 0.25) is 0 Å². The number of hydrogen-bond acceptors (Lipinski definition) is 2. The number of hydrogen-bond donors (Lipinski definition) is 0. The van der Waals surface area contributed by atoms with Gasteiger partial charge in [0.2, 0.25) is 0 Å². The number of benzene rings is 1. The monoisotopic (exact) mass is 189 g/mol. The number of rotatable bonds is 1. The molecule has 0 N–H and O–H groups in total. The first kappa shape index (κ1) is 8.57. The number of pyridine rings is 1. The van der Waals surface area contributed by atoms with Gasteiger partial charge in [-0.1, -0.05) is 12.1 Å². The van der Waals surface area contributed by atoms with E-state index >= 15 is 0 Å². The number of thioether (sulfide) groups is 1. The van der Waals surface area contributed by atoms with Crippen molar-refractivity contribution in [1.82, 2.24) is 4.98 Å². The SMILES string of the molecule is CSc1cccc2ccnc(C)c12. The van der Waals surface area contributed by atoms with E-state index in [1.54, 1.807) is 11.8 Å². The minimum Gasteiger partial charge on any atom is -0.261 e. The lowest BCUT2D eigenvalue weighted by Gasteiger charge is -2.05. The summed E-state index contributed by atoms with van der Waals surface area (Å²) in [4.78, 5) is 5.61. The summed E-state index contributed by atoms with van der Waals surface area (Å²) in [5.41, 5.74) is 1.11. The van der Waals surface area contributed by atoms with E-state index in [1.807, 2.05) is 6.20 Å². The van der Waals surface area contributed by atoms with Crippen LogP contribution in [0.15, 0.2) is 35.4 Å². The molecule has 0 aliphatic heterocycles. The van der Waals surface area contributed by atoms with Gasteiger partial charge in [-0.05, 0) is 30.7 Å². The summed E-state index contributed by atoms with van der Waals surface area (Å²) in [6.07, 6.45) is 3.96. The lowest BCUT2D eigenvalue weighted by Crippen LogP contribution is -1.84. The second-order valence-electron chi connectivity index (χ2n) is 2.95. The van der Waals surface area contributed by atoms with E-state index < -0.39 is 0 Å². The quantitative estimate of drug-likeness (QED) is 0.639. The topological polar surface area (TPSA) is 12.9 Å². The Labute approximate surface area is 82.2 Å². The van der Waals surface area contributed by atoms with E-state index in [2.05, 4.69) is 42.4 Å². The molecule has 2 rings (SSSR count). The standard InChI is InChI=1S/C11H11NS/c1-8-11-9(6-7-12-8)4-3-5-10(11)13-2/h3-7H,1-2H3. The first-order valence-electron chi connectivity index (χ1n) is 4.21. The van der Waals surface area contributed by atoms with Gasteiger partial charge in [-0.25, -0.2) is 0 Å². The fourth-order valence-corrected chi connectivity index (χ4v) is 2.22. The van der Waals surface area contributed by atoms with Crippen molar-refractivity contribution in [3.8, 4) is 0 Å². The van der Waals surface area contributed by atoms with E-state index in [0.717, 1.165) is 5.69 Å². The van der Waals surface area contributed by atoms with Gasteiger partial charge in [-0.3, -0.25) is 4.98 Å². The number of aromatic nitrogens is 1. The van der Waals surface area contributed by atoms with Crippen LogP contribution in [0.1, 0.15) is 5.69 Å². The second kappa shape index (κ2) is 3.38. The molecule has 66 valence electrons. The Bertz CT molecular complexity index is 432. The summed E-state index contributed by atoms with van der Waals surface area (Å²) >= 11 is 1.77. The summed E-state index contributed by atoms with van der Waals surface area (Å²) in [5, 5.41) is 2.57. The van der Waals surface area contributed by atoms with Crippen molar-refractivity contribution in [2.24, 2.45) is 0 Å². The maximum atomic E-state index is 4.30. The average Bonchev–Trinajstić information content (AvgIpc) is 2.17. The molecule has 0 unspecified atom stereocenters. The molecular formula is C11H11NS. The Kier molecular flexibility index (Phi) is 2.23. The molecule has 0 fully saturated rings. The van der Waals surface area contributed by atoms with Crippen LogP contribution >= 0.6 is 11.8 Å². The molecule has 0 amide bonds. The summed E-state index contributed by atoms with van der Waals surface area (Å²) < 4.78 is 0. The molecule has 0 saturated carbocycles. The molecule has 0 bridgehead atoms. The minimum atomic E-state index is 1.11. The van der Waals surface area contributed by atoms with Crippen LogP contribution in [0.25, 0.3) is 10.8 Å². The Morgan fingerprint density at radius 2 is 2.08 bits per heavy atom. The molecular weight excluding hydrogens is 178 g/mol. The van der Waals surface area contributed by atoms with Crippen molar-refractivity contribution in [3.63, 3.8) is 0 Å². The third kappa shape index (κ3) is 1.42. The molecule has 0 aliphatic rings. The van der Waals surface area contributed by atoms with E-state index in [9.17, 15) is 0 Å². The van der Waals surface area contributed by atoms with Gasteiger partial charge in [0.05, 0.1) is 0 Å². The van der Waals surface area contributed by atoms with E-state index in [0.29, 0.717) is 0 Å². The van der Waals surface area contributed by atoms with Crippen LogP contribution in [-0.4, -0.2) is 11.2 Å². The van der Waals surface area contributed by atoms with Crippen molar-refractivity contribution in [1.29, 1.82) is 0 Å². The van der Waals surface area contributed by atoms with Crippen LogP contribution < -0.4 is 0 Å². The smallest absolute Gasteiger partial charge is 0.0462 e. The zero-order valence-electron chi connectivity index (χ0n) is 7.74. The molecule has 1 heterocycles. The summed E-state index contributed by atoms with van der Waals surface area (Å²) in [5.74, 6) is 0. The van der Waals surface area contributed by atoms with E-state index in [-0.39, 0.29) is 0 Å². The molecule has 0 atom stereocenters. The van der Waals surface area contributed by atoms with Gasteiger partial charge in [0.15, 0.2) is 0 Å². The zero-order valence-corrected chi connectivity index (χ0v) is 8.56. The predicted octanol–water partition coefficient (Wildman–Crippen LogP) is 3.27. The van der Waals surface area contributed by atoms with Crippen LogP contribution in [0.4, 0.5) is 0 Å². The normalized spacial score (nSPS) is 10.6. The molecule has 1 nitrogen and oxygen atoms in total. The molecule has 1 aromatic heterocycles. The number of fused-ring (bicyclic) bond motifs is 1. The molecule has 2 heteroatoms. The summed E-state index contributed by atoms with van der Waals surface area (Å²) in [6.45, 7) is 2.06. The highest BCUT2D eigenvalue weighted by molar-refractivity contribution is 7.98. The largest absolute Gasteiger partial charge is 0.261 e. The third-order valence-corrected chi connectivity index (χ3v) is 2.94. The van der Waals surface area contributed by atoms with Gasteiger partial charge >= 0.3 is 0 Å². The van der Waals surface area contributed by atoms with Gasteiger partial charge in [0, 0.05) is 22.2 Å². The molecule has 0 spiro atoms. The molecule has 1 aromatic carbocycles. The Morgan fingerprint density at radius 1 is 1.23 bits per heavy atom. The summed E-state index contributed by atoms with van der Waals surface area (Å²) in [6, 6.07) is 8.42. The molecule has 13 heavy (non-hydrogen) atoms. The lowest BCUT2D eigenvalue weighted by molar-refractivity contribution is 1.22. The van der Waals surface area contributed by atoms with Crippen LogP contribution in [0, 0.1) is 6.92 Å². The van der Waals surface area contributed by atoms with Crippen molar-refractivity contribution in [3.05, 3.63) is 36.2 Å². The van der Waals surface area contributed by atoms with Crippen LogP contribution in [0.3, 0.4) is 0 Å². The van der Waals surface area contributed by atoms with Crippen molar-refractivity contribution in [2.75, 3.05) is 6.26 Å². The molecule has 0 saturated heterocycles. The molecule has 0 radical (unpaired) electrons. The lowest BCUT2D eigenvalue weighted by atomic mass is 10.1. The summed E-state index contributed by atoms with van der Waals surface area (Å²) in [7, 11) is 0. The maximum Gasteiger partial charge on any atom is 0.0462 e. The third-order valence-electron chi connectivity index (χ3n) is 2.16. The van der Waals surface area contributed by atoms with Crippen molar-refractivity contribution in [2.45, 2.75) is 11.8 Å². The Balaban J connectivity index is 2.87. The zero-order chi connectivity index (χ0) is 9.26. The van der Waals surface area contributed by atoms with Gasteiger partial charge in [-0.15, -0.1) is 11.8 Å². The highest BCUT2D eigenvalue weighted by atomic mass is 32.2. The maximum absolute atomic E-state index is 4.30. The molecule has 0 aliphatic carbocycles. The second-order valence-corrected chi connectivity index (χ2v) is 3.80. The van der Waals surface area contributed by atoms with E-state index in [1.165, 1.54) is 15.7 Å². The van der Waals surface area contributed by atoms with Crippen LogP contribution in [0.5, 0.6) is 0 Å². The van der Waals surface area contributed by atoms with Gasteiger partial charge < -0.3 is 0 Å². The van der Waals surface area contributed by atoms with Gasteiger partial charge in [-0.2, -0.15) is 0 Å². The highest BCUT2D eigenvalue weighted by Gasteiger charge is 2.02. The van der Waals surface area contributed by atoms with Gasteiger partial charge in [0.25, 0.3) is 0 Å². The van der Waals surface area contributed by atoms with Crippen LogP contribution in [-0.2, 0) is 0 Å². The fourth-order valence-electron chi connectivity index (χ4n) is 1.54. The number of aryl methyl sites for hydroxylation is 1. The first-order valence-corrected chi connectivity index (χ1v) is 5.43. The Morgan fingerprint density at radius 3 is 2.85 bits per heavy atom. The first-order chi connectivity index (χ1) is 6.33. The number of nitrogens with zero attached hydrogens (tertiary/aromatic N) is 1. The predicted molar refractivity (Wildman–Crippen MR) is 58.3 cm³/mol. The highest BCUT2D eigenvalue weighted by Crippen LogP contribution is 2.27. The minimum absolute atomic E-state index is 1.11. The molecule has 2 aromatic rings. The van der Waals surface area contributed by atoms with Crippen molar-refractivity contribution < 1.29 is 0 Å². The van der Waals surface area contributed by atoms with Crippen molar-refractivity contribution >= 4 is 22.5 Å². The average molecular weight is 189 g/mol. The van der Waals surface area contributed by atoms with E-state index in [4.69, 9.17) is 0 Å². The Hall–Kier alpha value is -1.02.